The molecule has 6 radical (unpaired) electrons. The molecule has 4 nitrogen and oxygen atoms in total. The Morgan fingerprint density at radius 2 is 1.41 bits per heavy atom. The van der Waals surface area contributed by atoms with Crippen LogP contribution in [0.5, 0.6) is 23.0 Å². The van der Waals surface area contributed by atoms with Gasteiger partial charge < -0.3 is 14.2 Å². The monoisotopic (exact) mass is 410 g/mol. The van der Waals surface area contributed by atoms with Gasteiger partial charge in [0.25, 0.3) is 0 Å². The van der Waals surface area contributed by atoms with Crippen LogP contribution in [0.15, 0.2) is 36.4 Å². The fraction of sp³-hybridized carbons (Fsp3) is 0.188. The zero-order chi connectivity index (χ0) is 22.0. The normalized spacial score (nSPS) is 12.3. The molecule has 0 aliphatic carbocycles. The summed E-state index contributed by atoms with van der Waals surface area (Å²) in [5, 5.41) is -2.34. The maximum absolute atomic E-state index is 12.8. The van der Waals surface area contributed by atoms with Crippen molar-refractivity contribution in [1.82, 2.24) is 0 Å². The van der Waals surface area contributed by atoms with Crippen molar-refractivity contribution in [3.63, 3.8) is 0 Å². The van der Waals surface area contributed by atoms with E-state index in [9.17, 15) is 31.1 Å². The second-order valence-electron chi connectivity index (χ2n) is 5.58. The Bertz CT molecular complexity index is 894. The first-order chi connectivity index (χ1) is 13.2. The predicted molar refractivity (Wildman–Crippen MR) is 90.7 cm³/mol. The van der Waals surface area contributed by atoms with Gasteiger partial charge in [-0.2, -0.15) is 13.2 Å². The number of hydrogen-bond acceptors (Lipinski definition) is 4. The summed E-state index contributed by atoms with van der Waals surface area (Å²) in [6.07, 6.45) is -9.63. The molecular formula is C16H7B3F6O4. The minimum atomic E-state index is -5.02. The molecule has 2 rings (SSSR count). The summed E-state index contributed by atoms with van der Waals surface area (Å²) in [7, 11) is 15.8. The molecule has 0 N–H and O–H groups in total. The van der Waals surface area contributed by atoms with E-state index in [4.69, 9.17) is 33.0 Å². The Labute approximate surface area is 164 Å². The minimum absolute atomic E-state index is 0.103. The summed E-state index contributed by atoms with van der Waals surface area (Å²) >= 11 is 0. The van der Waals surface area contributed by atoms with Gasteiger partial charge in [-0.25, -0.2) is 0 Å². The molecule has 13 heteroatoms. The Kier molecular flexibility index (Phi) is 6.20. The Balaban J connectivity index is 2.44. The van der Waals surface area contributed by atoms with Crippen LogP contribution in [0.3, 0.4) is 0 Å². The lowest BCUT2D eigenvalue weighted by molar-refractivity contribution is -0.274. The van der Waals surface area contributed by atoms with E-state index in [0.717, 1.165) is 18.2 Å². The average Bonchev–Trinajstić information content (AvgIpc) is 2.53. The number of benzene rings is 2. The van der Waals surface area contributed by atoms with Crippen LogP contribution in [0.25, 0.3) is 0 Å². The van der Waals surface area contributed by atoms with Crippen molar-refractivity contribution in [3.8, 4) is 23.0 Å². The topological polar surface area (TPSA) is 44.8 Å². The van der Waals surface area contributed by atoms with Crippen molar-refractivity contribution in [2.24, 2.45) is 0 Å². The maximum Gasteiger partial charge on any atom is 0.573 e. The average molecular weight is 410 g/mol. The molecule has 0 spiro atoms. The molecule has 0 saturated carbocycles. The van der Waals surface area contributed by atoms with Crippen LogP contribution in [-0.2, 0) is 6.18 Å². The molecule has 0 fully saturated rings. The quantitative estimate of drug-likeness (QED) is 0.414. The molecule has 0 atom stereocenters. The van der Waals surface area contributed by atoms with Crippen LogP contribution in [0.4, 0.5) is 26.3 Å². The van der Waals surface area contributed by atoms with Gasteiger partial charge in [0.2, 0.25) is 0 Å². The first-order valence-corrected chi connectivity index (χ1v) is 7.48. The standard InChI is InChI=1S/C16H7B3F6O4/c17-15(18,19)29-13-6-10(28-16(23,24)25)2-4-12(13)27-11-3-1-9(14(20,21)22)5-8(11)7-26/h1-7H. The van der Waals surface area contributed by atoms with Crippen molar-refractivity contribution in [1.29, 1.82) is 0 Å². The van der Waals surface area contributed by atoms with Crippen LogP contribution in [0.1, 0.15) is 15.9 Å². The number of rotatable bonds is 6. The van der Waals surface area contributed by atoms with Crippen LogP contribution in [0, 0.1) is 0 Å². The van der Waals surface area contributed by atoms with Crippen LogP contribution in [-0.4, -0.2) is 41.5 Å². The molecule has 0 saturated heterocycles. The van der Waals surface area contributed by atoms with E-state index in [1.54, 1.807) is 0 Å². The molecule has 0 unspecified atom stereocenters. The van der Waals surface area contributed by atoms with Gasteiger partial charge >= 0.3 is 12.5 Å². The van der Waals surface area contributed by atoms with Gasteiger partial charge in [-0.15, -0.1) is 13.2 Å². The van der Waals surface area contributed by atoms with Crippen LogP contribution in [0.2, 0.25) is 0 Å². The van der Waals surface area contributed by atoms with Crippen molar-refractivity contribution in [2.75, 3.05) is 0 Å². The molecule has 29 heavy (non-hydrogen) atoms. The van der Waals surface area contributed by atoms with Crippen molar-refractivity contribution in [3.05, 3.63) is 47.5 Å². The summed E-state index contributed by atoms with van der Waals surface area (Å²) in [6.45, 7) is 0. The zero-order valence-electron chi connectivity index (χ0n) is 14.2. The smallest absolute Gasteiger partial charge is 0.512 e. The molecular weight excluding hydrogens is 403 g/mol. The third-order valence-electron chi connectivity index (χ3n) is 3.12. The SMILES string of the molecule is [B]C([B])([B])Oc1cc(OC(F)(F)F)ccc1Oc1ccc(C(F)(F)F)cc1C=O. The van der Waals surface area contributed by atoms with Gasteiger partial charge in [0, 0.05) is 6.07 Å². The van der Waals surface area contributed by atoms with Crippen LogP contribution < -0.4 is 14.2 Å². The zero-order valence-corrected chi connectivity index (χ0v) is 14.2. The molecule has 0 heterocycles. The molecule has 0 aromatic heterocycles. The molecule has 0 amide bonds. The summed E-state index contributed by atoms with van der Waals surface area (Å²) in [6, 6.07) is 4.46. The van der Waals surface area contributed by atoms with Gasteiger partial charge in [0.05, 0.1) is 11.1 Å². The highest BCUT2D eigenvalue weighted by Gasteiger charge is 2.32. The van der Waals surface area contributed by atoms with Crippen molar-refractivity contribution >= 4 is 29.8 Å². The van der Waals surface area contributed by atoms with Crippen molar-refractivity contribution in [2.45, 2.75) is 17.8 Å². The lowest BCUT2D eigenvalue weighted by atomic mass is 9.52. The summed E-state index contributed by atoms with van der Waals surface area (Å²) in [5.74, 6) is -1.98. The van der Waals surface area contributed by atoms with Crippen LogP contribution >= 0.6 is 0 Å². The lowest BCUT2D eigenvalue weighted by Gasteiger charge is -2.25. The maximum atomic E-state index is 12.8. The number of ether oxygens (including phenoxy) is 3. The highest BCUT2D eigenvalue weighted by Crippen LogP contribution is 2.39. The number of carbonyl (C=O) groups is 1. The second kappa shape index (κ2) is 7.96. The lowest BCUT2D eigenvalue weighted by Crippen LogP contribution is -2.37. The van der Waals surface area contributed by atoms with Crippen molar-refractivity contribution < 1.29 is 45.3 Å². The van der Waals surface area contributed by atoms with Gasteiger partial charge in [-0.05, 0) is 35.6 Å². The third-order valence-corrected chi connectivity index (χ3v) is 3.12. The van der Waals surface area contributed by atoms with Gasteiger partial charge in [0.15, 0.2) is 17.8 Å². The summed E-state index contributed by atoms with van der Waals surface area (Å²) in [5.41, 5.74) is -1.59. The molecule has 0 bridgehead atoms. The predicted octanol–water partition coefficient (Wildman–Crippen LogP) is 3.70. The second-order valence-corrected chi connectivity index (χ2v) is 5.58. The van der Waals surface area contributed by atoms with E-state index in [-0.39, 0.29) is 17.8 Å². The van der Waals surface area contributed by atoms with Gasteiger partial charge in [-0.1, -0.05) is 0 Å². The minimum Gasteiger partial charge on any atom is -0.512 e. The van der Waals surface area contributed by atoms with E-state index >= 15 is 0 Å². The Hall–Kier alpha value is -2.72. The number of carbonyl (C=O) groups excluding carboxylic acids is 1. The Morgan fingerprint density at radius 1 is 0.793 bits per heavy atom. The van der Waals surface area contributed by atoms with E-state index in [1.807, 2.05) is 0 Å². The number of aldehydes is 1. The fourth-order valence-corrected chi connectivity index (χ4v) is 2.07. The molecule has 146 valence electrons. The van der Waals surface area contributed by atoms with E-state index < -0.39 is 40.5 Å². The summed E-state index contributed by atoms with van der Waals surface area (Å²) < 4.78 is 89.4. The summed E-state index contributed by atoms with van der Waals surface area (Å²) in [4.78, 5) is 11.1. The molecule has 2 aromatic carbocycles. The molecule has 2 aromatic rings. The first kappa shape index (κ1) is 22.6. The van der Waals surface area contributed by atoms with E-state index in [0.29, 0.717) is 18.2 Å². The fourth-order valence-electron chi connectivity index (χ4n) is 2.07. The number of hydrogen-bond donors (Lipinski definition) is 0. The van der Waals surface area contributed by atoms with Gasteiger partial charge in [0.1, 0.15) is 35.0 Å². The Morgan fingerprint density at radius 3 is 1.93 bits per heavy atom. The van der Waals surface area contributed by atoms with E-state index in [1.165, 1.54) is 0 Å². The highest BCUT2D eigenvalue weighted by molar-refractivity contribution is 6.58. The largest absolute Gasteiger partial charge is 0.573 e. The first-order valence-electron chi connectivity index (χ1n) is 7.48. The third kappa shape index (κ3) is 6.68. The number of halogens is 6. The number of alkyl halides is 6. The molecule has 0 aliphatic heterocycles. The molecule has 0 aliphatic rings. The van der Waals surface area contributed by atoms with E-state index in [2.05, 4.69) is 4.74 Å². The van der Waals surface area contributed by atoms with Gasteiger partial charge in [-0.3, -0.25) is 4.79 Å². The highest BCUT2D eigenvalue weighted by atomic mass is 19.4.